The number of halogens is 1. The maximum atomic E-state index is 14.1. The Balaban J connectivity index is 1.95. The zero-order valence-electron chi connectivity index (χ0n) is 12.7. The Kier molecular flexibility index (Phi) is 2.74. The minimum Gasteiger partial charge on any atom is -0.206 e. The Hall–Kier alpha value is -2.41. The number of hydrogen-bond donors (Lipinski definition) is 0. The normalized spacial score (nSPS) is 14.5. The van der Waals surface area contributed by atoms with Crippen LogP contribution < -0.4 is 0 Å². The van der Waals surface area contributed by atoms with Crippen LogP contribution in [0.3, 0.4) is 0 Å². The van der Waals surface area contributed by atoms with Crippen LogP contribution in [0.1, 0.15) is 25.0 Å². The highest BCUT2D eigenvalue weighted by Gasteiger charge is 2.35. The quantitative estimate of drug-likeness (QED) is 0.531. The van der Waals surface area contributed by atoms with Crippen molar-refractivity contribution >= 4 is 0 Å². The maximum Gasteiger partial charge on any atom is 0.131 e. The molecule has 1 aliphatic carbocycles. The van der Waals surface area contributed by atoms with E-state index in [2.05, 4.69) is 50.2 Å². The van der Waals surface area contributed by atoms with E-state index in [0.29, 0.717) is 5.56 Å². The summed E-state index contributed by atoms with van der Waals surface area (Å²) >= 11 is 0. The first-order valence-corrected chi connectivity index (χ1v) is 7.58. The summed E-state index contributed by atoms with van der Waals surface area (Å²) in [6.45, 7) is 4.48. The average Bonchev–Trinajstić information content (AvgIpc) is 2.76. The van der Waals surface area contributed by atoms with Gasteiger partial charge in [0.05, 0.1) is 0 Å². The van der Waals surface area contributed by atoms with Gasteiger partial charge in [-0.1, -0.05) is 68.4 Å². The molecule has 0 N–H and O–H groups in total. The molecule has 22 heavy (non-hydrogen) atoms. The molecule has 0 atom stereocenters. The lowest BCUT2D eigenvalue weighted by Gasteiger charge is -2.22. The summed E-state index contributed by atoms with van der Waals surface area (Å²) in [7, 11) is 0. The Bertz CT molecular complexity index is 875. The second-order valence-electron chi connectivity index (χ2n) is 6.41. The zero-order chi connectivity index (χ0) is 15.3. The molecule has 0 saturated carbocycles. The van der Waals surface area contributed by atoms with Gasteiger partial charge in [0.25, 0.3) is 0 Å². The molecule has 3 aromatic carbocycles. The molecule has 108 valence electrons. The van der Waals surface area contributed by atoms with Crippen molar-refractivity contribution in [2.24, 2.45) is 0 Å². The summed E-state index contributed by atoms with van der Waals surface area (Å²) in [6.07, 6.45) is 0. The molecule has 0 nitrogen and oxygen atoms in total. The van der Waals surface area contributed by atoms with Gasteiger partial charge in [-0.05, 0) is 39.9 Å². The van der Waals surface area contributed by atoms with E-state index in [9.17, 15) is 4.39 Å². The predicted octanol–water partition coefficient (Wildman–Crippen LogP) is 5.80. The topological polar surface area (TPSA) is 0 Å². The summed E-state index contributed by atoms with van der Waals surface area (Å²) in [5.41, 5.74) is 6.73. The van der Waals surface area contributed by atoms with Crippen LogP contribution in [-0.4, -0.2) is 0 Å². The highest BCUT2D eigenvalue weighted by molar-refractivity contribution is 5.83. The third-order valence-electron chi connectivity index (χ3n) is 4.77. The van der Waals surface area contributed by atoms with Gasteiger partial charge < -0.3 is 0 Å². The average molecular weight is 288 g/mol. The first-order valence-electron chi connectivity index (χ1n) is 7.58. The van der Waals surface area contributed by atoms with Crippen molar-refractivity contribution in [2.75, 3.05) is 0 Å². The van der Waals surface area contributed by atoms with E-state index in [1.165, 1.54) is 28.3 Å². The molecule has 0 radical (unpaired) electrons. The van der Waals surface area contributed by atoms with Crippen molar-refractivity contribution in [1.82, 2.24) is 0 Å². The van der Waals surface area contributed by atoms with Crippen LogP contribution >= 0.6 is 0 Å². The monoisotopic (exact) mass is 288 g/mol. The molecule has 0 aliphatic heterocycles. The lowest BCUT2D eigenvalue weighted by atomic mass is 9.81. The fourth-order valence-corrected chi connectivity index (χ4v) is 3.57. The smallest absolute Gasteiger partial charge is 0.131 e. The van der Waals surface area contributed by atoms with Gasteiger partial charge in [0.2, 0.25) is 0 Å². The molecule has 0 unspecified atom stereocenters. The fraction of sp³-hybridized carbons (Fsp3) is 0.143. The standard InChI is InChI=1S/C21H17F/c1-21(2)18-9-5-3-8-16(18)17-12-11-14(13-19(17)21)15-7-4-6-10-20(15)22/h3-13H,1-2H3. The molecule has 1 aliphatic rings. The van der Waals surface area contributed by atoms with Crippen LogP contribution in [0.5, 0.6) is 0 Å². The molecule has 0 bridgehead atoms. The van der Waals surface area contributed by atoms with Crippen molar-refractivity contribution in [2.45, 2.75) is 19.3 Å². The molecular formula is C21H17F. The fourth-order valence-electron chi connectivity index (χ4n) is 3.57. The van der Waals surface area contributed by atoms with E-state index in [0.717, 1.165) is 5.56 Å². The highest BCUT2D eigenvalue weighted by atomic mass is 19.1. The predicted molar refractivity (Wildman–Crippen MR) is 89.4 cm³/mol. The Labute approximate surface area is 130 Å². The van der Waals surface area contributed by atoms with Crippen molar-refractivity contribution in [3.05, 3.63) is 83.7 Å². The zero-order valence-corrected chi connectivity index (χ0v) is 12.7. The third-order valence-corrected chi connectivity index (χ3v) is 4.77. The molecule has 0 aromatic heterocycles. The molecule has 0 saturated heterocycles. The van der Waals surface area contributed by atoms with Crippen LogP contribution in [0.4, 0.5) is 4.39 Å². The molecule has 1 heteroatoms. The van der Waals surface area contributed by atoms with Gasteiger partial charge in [0.1, 0.15) is 5.82 Å². The van der Waals surface area contributed by atoms with Gasteiger partial charge >= 0.3 is 0 Å². The summed E-state index contributed by atoms with van der Waals surface area (Å²) < 4.78 is 14.1. The van der Waals surface area contributed by atoms with Crippen molar-refractivity contribution < 1.29 is 4.39 Å². The minimum atomic E-state index is -0.171. The second kappa shape index (κ2) is 4.54. The first kappa shape index (κ1) is 13.3. The van der Waals surface area contributed by atoms with Crippen LogP contribution in [-0.2, 0) is 5.41 Å². The lowest BCUT2D eigenvalue weighted by Crippen LogP contribution is -2.14. The number of fused-ring (bicyclic) bond motifs is 3. The van der Waals surface area contributed by atoms with E-state index in [1.807, 2.05) is 18.2 Å². The van der Waals surface area contributed by atoms with E-state index in [1.54, 1.807) is 6.07 Å². The Morgan fingerprint density at radius 1 is 0.682 bits per heavy atom. The summed E-state index contributed by atoms with van der Waals surface area (Å²) in [6, 6.07) is 21.8. The SMILES string of the molecule is CC1(C)c2ccccc2-c2ccc(-c3ccccc3F)cc21. The molecule has 3 aromatic rings. The number of benzene rings is 3. The van der Waals surface area contributed by atoms with Gasteiger partial charge in [0, 0.05) is 11.0 Å². The van der Waals surface area contributed by atoms with Gasteiger partial charge in [-0.25, -0.2) is 4.39 Å². The largest absolute Gasteiger partial charge is 0.206 e. The highest BCUT2D eigenvalue weighted by Crippen LogP contribution is 2.49. The summed E-state index contributed by atoms with van der Waals surface area (Å²) in [4.78, 5) is 0. The van der Waals surface area contributed by atoms with Crippen molar-refractivity contribution in [3.63, 3.8) is 0 Å². The van der Waals surface area contributed by atoms with Gasteiger partial charge in [-0.2, -0.15) is 0 Å². The summed E-state index contributed by atoms with van der Waals surface area (Å²) in [5, 5.41) is 0. The van der Waals surface area contributed by atoms with E-state index < -0.39 is 0 Å². The maximum absolute atomic E-state index is 14.1. The molecular weight excluding hydrogens is 271 g/mol. The van der Waals surface area contributed by atoms with E-state index in [4.69, 9.17) is 0 Å². The molecule has 0 spiro atoms. The molecule has 4 rings (SSSR count). The van der Waals surface area contributed by atoms with E-state index in [-0.39, 0.29) is 11.2 Å². The van der Waals surface area contributed by atoms with Crippen LogP contribution in [0, 0.1) is 5.82 Å². The first-order chi connectivity index (χ1) is 10.6. The van der Waals surface area contributed by atoms with Gasteiger partial charge in [0.15, 0.2) is 0 Å². The van der Waals surface area contributed by atoms with Gasteiger partial charge in [-0.3, -0.25) is 0 Å². The van der Waals surface area contributed by atoms with E-state index >= 15 is 0 Å². The Morgan fingerprint density at radius 3 is 2.09 bits per heavy atom. The van der Waals surface area contributed by atoms with Gasteiger partial charge in [-0.15, -0.1) is 0 Å². The lowest BCUT2D eigenvalue weighted by molar-refractivity contribution is 0.631. The molecule has 0 amide bonds. The minimum absolute atomic E-state index is 0.0484. The Morgan fingerprint density at radius 2 is 1.32 bits per heavy atom. The molecule has 0 heterocycles. The van der Waals surface area contributed by atoms with Crippen LogP contribution in [0.25, 0.3) is 22.3 Å². The summed E-state index contributed by atoms with van der Waals surface area (Å²) in [5.74, 6) is -0.171. The second-order valence-corrected chi connectivity index (χ2v) is 6.41. The molecule has 0 fully saturated rings. The van der Waals surface area contributed by atoms with Crippen molar-refractivity contribution in [3.8, 4) is 22.3 Å². The number of hydrogen-bond acceptors (Lipinski definition) is 0. The third kappa shape index (κ3) is 1.75. The van der Waals surface area contributed by atoms with Crippen LogP contribution in [0.2, 0.25) is 0 Å². The van der Waals surface area contributed by atoms with Crippen LogP contribution in [0.15, 0.2) is 66.7 Å². The number of rotatable bonds is 1. The van der Waals surface area contributed by atoms with Crippen molar-refractivity contribution in [1.29, 1.82) is 0 Å².